The molecule has 6 nitrogen and oxygen atoms in total. The molecule has 0 unspecified atom stereocenters. The number of rotatable bonds is 6. The van der Waals surface area contributed by atoms with Crippen LogP contribution in [0.2, 0.25) is 0 Å². The Kier molecular flexibility index (Phi) is 5.81. The fraction of sp³-hybridized carbons (Fsp3) is 0.385. The number of carboxylic acids is 1. The van der Waals surface area contributed by atoms with E-state index in [1.54, 1.807) is 37.4 Å². The van der Waals surface area contributed by atoms with E-state index in [1.165, 1.54) is 12.0 Å². The van der Waals surface area contributed by atoms with Crippen molar-refractivity contribution in [3.8, 4) is 0 Å². The zero-order chi connectivity index (χ0) is 14.3. The highest BCUT2D eigenvalue weighted by Crippen LogP contribution is 2.12. The summed E-state index contributed by atoms with van der Waals surface area (Å²) < 4.78 is 4.86. The van der Waals surface area contributed by atoms with Crippen molar-refractivity contribution >= 4 is 12.0 Å². The van der Waals surface area contributed by atoms with Crippen LogP contribution in [0.1, 0.15) is 11.6 Å². The lowest BCUT2D eigenvalue weighted by Crippen LogP contribution is -2.43. The number of amides is 2. The second-order valence-corrected chi connectivity index (χ2v) is 4.05. The minimum atomic E-state index is -1.10. The molecule has 1 aromatic carbocycles. The van der Waals surface area contributed by atoms with Gasteiger partial charge < -0.3 is 20.1 Å². The first-order valence-electron chi connectivity index (χ1n) is 5.84. The standard InChI is InChI=1S/C13H18N2O4/c1-15(8-9-19-2)13(18)14-11(12(16)17)10-6-4-3-5-7-10/h3-7,11H,8-9H2,1-2H3,(H,14,18)(H,16,17)/t11-/m0/s1. The third kappa shape index (κ3) is 4.59. The summed E-state index contributed by atoms with van der Waals surface area (Å²) in [5.74, 6) is -1.10. The van der Waals surface area contributed by atoms with Crippen molar-refractivity contribution in [2.24, 2.45) is 0 Å². The average Bonchev–Trinajstić information content (AvgIpc) is 2.42. The van der Waals surface area contributed by atoms with Crippen LogP contribution in [0.25, 0.3) is 0 Å². The SMILES string of the molecule is COCCN(C)C(=O)N[C@H](C(=O)O)c1ccccc1. The van der Waals surface area contributed by atoms with Crippen LogP contribution in [-0.2, 0) is 9.53 Å². The van der Waals surface area contributed by atoms with Gasteiger partial charge in [-0.15, -0.1) is 0 Å². The Balaban J connectivity index is 2.70. The van der Waals surface area contributed by atoms with Gasteiger partial charge in [-0.3, -0.25) is 0 Å². The molecule has 0 bridgehead atoms. The minimum absolute atomic E-state index is 0.392. The molecular formula is C13H18N2O4. The number of ether oxygens (including phenoxy) is 1. The number of benzene rings is 1. The van der Waals surface area contributed by atoms with Gasteiger partial charge in [0.15, 0.2) is 6.04 Å². The van der Waals surface area contributed by atoms with E-state index in [0.29, 0.717) is 18.7 Å². The van der Waals surface area contributed by atoms with Gasteiger partial charge in [0.1, 0.15) is 0 Å². The molecular weight excluding hydrogens is 248 g/mol. The average molecular weight is 266 g/mol. The smallest absolute Gasteiger partial charge is 0.330 e. The molecule has 0 saturated carbocycles. The molecule has 0 fully saturated rings. The van der Waals surface area contributed by atoms with Gasteiger partial charge in [0.25, 0.3) is 0 Å². The summed E-state index contributed by atoms with van der Waals surface area (Å²) in [6.45, 7) is 0.788. The summed E-state index contributed by atoms with van der Waals surface area (Å²) in [5.41, 5.74) is 0.531. The van der Waals surface area contributed by atoms with Crippen LogP contribution in [0.15, 0.2) is 30.3 Å². The van der Waals surface area contributed by atoms with Gasteiger partial charge in [-0.1, -0.05) is 30.3 Å². The maximum absolute atomic E-state index is 11.8. The molecule has 104 valence electrons. The van der Waals surface area contributed by atoms with E-state index >= 15 is 0 Å². The summed E-state index contributed by atoms with van der Waals surface area (Å²) >= 11 is 0. The number of carbonyl (C=O) groups is 2. The molecule has 0 spiro atoms. The quantitative estimate of drug-likeness (QED) is 0.808. The minimum Gasteiger partial charge on any atom is -0.479 e. The number of hydrogen-bond donors (Lipinski definition) is 2. The lowest BCUT2D eigenvalue weighted by molar-refractivity contribution is -0.139. The van der Waals surface area contributed by atoms with Crippen LogP contribution in [-0.4, -0.2) is 49.3 Å². The molecule has 2 amide bonds. The summed E-state index contributed by atoms with van der Waals surface area (Å²) in [6, 6.07) is 7.06. The summed E-state index contributed by atoms with van der Waals surface area (Å²) in [6.07, 6.45) is 0. The molecule has 1 atom stereocenters. The highest BCUT2D eigenvalue weighted by molar-refractivity contribution is 5.83. The molecule has 0 aromatic heterocycles. The largest absolute Gasteiger partial charge is 0.479 e. The summed E-state index contributed by atoms with van der Waals surface area (Å²) in [4.78, 5) is 24.4. The Hall–Kier alpha value is -2.08. The zero-order valence-electron chi connectivity index (χ0n) is 11.0. The lowest BCUT2D eigenvalue weighted by Gasteiger charge is -2.21. The van der Waals surface area contributed by atoms with E-state index in [2.05, 4.69) is 5.32 Å². The van der Waals surface area contributed by atoms with Crippen molar-refractivity contribution < 1.29 is 19.4 Å². The number of carboxylic acid groups (broad SMARTS) is 1. The van der Waals surface area contributed by atoms with E-state index in [-0.39, 0.29) is 0 Å². The Morgan fingerprint density at radius 3 is 2.53 bits per heavy atom. The van der Waals surface area contributed by atoms with Gasteiger partial charge in [-0.25, -0.2) is 9.59 Å². The molecule has 0 aliphatic heterocycles. The van der Waals surface area contributed by atoms with Gasteiger partial charge in [-0.2, -0.15) is 0 Å². The highest BCUT2D eigenvalue weighted by atomic mass is 16.5. The molecule has 0 saturated heterocycles. The number of carbonyl (C=O) groups excluding carboxylic acids is 1. The van der Waals surface area contributed by atoms with Crippen LogP contribution in [0.4, 0.5) is 4.79 Å². The first kappa shape index (κ1) is 15.0. The zero-order valence-corrected chi connectivity index (χ0v) is 11.0. The number of likely N-dealkylation sites (N-methyl/N-ethyl adjacent to an activating group) is 1. The van der Waals surface area contributed by atoms with Gasteiger partial charge in [-0.05, 0) is 5.56 Å². The molecule has 1 rings (SSSR count). The van der Waals surface area contributed by atoms with Crippen LogP contribution in [0, 0.1) is 0 Å². The van der Waals surface area contributed by atoms with E-state index < -0.39 is 18.0 Å². The van der Waals surface area contributed by atoms with Gasteiger partial charge in [0, 0.05) is 20.7 Å². The number of nitrogens with zero attached hydrogens (tertiary/aromatic N) is 1. The van der Waals surface area contributed by atoms with E-state index in [1.807, 2.05) is 0 Å². The van der Waals surface area contributed by atoms with Crippen molar-refractivity contribution in [2.75, 3.05) is 27.3 Å². The molecule has 0 aliphatic carbocycles. The normalized spacial score (nSPS) is 11.7. The van der Waals surface area contributed by atoms with Gasteiger partial charge in [0.2, 0.25) is 0 Å². The maximum Gasteiger partial charge on any atom is 0.330 e. The fourth-order valence-electron chi connectivity index (χ4n) is 1.50. The predicted octanol–water partition coefficient (Wildman–Crippen LogP) is 1.10. The summed E-state index contributed by atoms with van der Waals surface area (Å²) in [7, 11) is 3.12. The van der Waals surface area contributed by atoms with Crippen LogP contribution < -0.4 is 5.32 Å². The number of hydrogen-bond acceptors (Lipinski definition) is 3. The maximum atomic E-state index is 11.8. The van der Waals surface area contributed by atoms with Gasteiger partial charge >= 0.3 is 12.0 Å². The molecule has 2 N–H and O–H groups in total. The molecule has 0 radical (unpaired) electrons. The van der Waals surface area contributed by atoms with Crippen molar-refractivity contribution in [1.29, 1.82) is 0 Å². The lowest BCUT2D eigenvalue weighted by atomic mass is 10.1. The molecule has 6 heteroatoms. The van der Waals surface area contributed by atoms with E-state index in [9.17, 15) is 14.7 Å². The third-order valence-electron chi connectivity index (χ3n) is 2.63. The highest BCUT2D eigenvalue weighted by Gasteiger charge is 2.23. The Morgan fingerprint density at radius 2 is 2.00 bits per heavy atom. The Labute approximate surface area is 112 Å². The predicted molar refractivity (Wildman–Crippen MR) is 69.9 cm³/mol. The van der Waals surface area contributed by atoms with Crippen molar-refractivity contribution in [1.82, 2.24) is 10.2 Å². The fourth-order valence-corrected chi connectivity index (χ4v) is 1.50. The molecule has 19 heavy (non-hydrogen) atoms. The number of nitrogens with one attached hydrogen (secondary N) is 1. The van der Waals surface area contributed by atoms with E-state index in [4.69, 9.17) is 4.74 Å². The van der Waals surface area contributed by atoms with Crippen LogP contribution in [0.5, 0.6) is 0 Å². The third-order valence-corrected chi connectivity index (χ3v) is 2.63. The number of aliphatic carboxylic acids is 1. The molecule has 0 aliphatic rings. The van der Waals surface area contributed by atoms with E-state index in [0.717, 1.165) is 0 Å². The van der Waals surface area contributed by atoms with Crippen molar-refractivity contribution in [3.63, 3.8) is 0 Å². The Morgan fingerprint density at radius 1 is 1.37 bits per heavy atom. The number of methoxy groups -OCH3 is 1. The Bertz CT molecular complexity index is 422. The van der Waals surface area contributed by atoms with Crippen LogP contribution in [0.3, 0.4) is 0 Å². The molecule has 0 heterocycles. The van der Waals surface area contributed by atoms with Gasteiger partial charge in [0.05, 0.1) is 6.61 Å². The monoisotopic (exact) mass is 266 g/mol. The summed E-state index contributed by atoms with van der Waals surface area (Å²) in [5, 5.41) is 11.6. The topological polar surface area (TPSA) is 78.9 Å². The van der Waals surface area contributed by atoms with Crippen molar-refractivity contribution in [3.05, 3.63) is 35.9 Å². The first-order chi connectivity index (χ1) is 9.06. The number of urea groups is 1. The first-order valence-corrected chi connectivity index (χ1v) is 5.84. The second kappa shape index (κ2) is 7.38. The van der Waals surface area contributed by atoms with Crippen molar-refractivity contribution in [2.45, 2.75) is 6.04 Å². The molecule has 1 aromatic rings. The second-order valence-electron chi connectivity index (χ2n) is 4.05. The van der Waals surface area contributed by atoms with Crippen LogP contribution >= 0.6 is 0 Å².